The van der Waals surface area contributed by atoms with Crippen LogP contribution >= 0.6 is 0 Å². The molecule has 1 atom stereocenters. The summed E-state index contributed by atoms with van der Waals surface area (Å²) in [5, 5.41) is 4.51. The molecule has 0 aromatic carbocycles. The Morgan fingerprint density at radius 2 is 1.93 bits per heavy atom. The van der Waals surface area contributed by atoms with Gasteiger partial charge in [-0.3, -0.25) is 19.6 Å². The molecule has 1 unspecified atom stereocenters. The normalized spacial score (nSPS) is 11.9. The highest BCUT2D eigenvalue weighted by Crippen LogP contribution is 2.24. The Bertz CT molecular complexity index is 1020. The Labute approximate surface area is 169 Å². The van der Waals surface area contributed by atoms with Crippen LogP contribution in [0.4, 0.5) is 0 Å². The van der Waals surface area contributed by atoms with E-state index in [1.165, 1.54) is 6.92 Å². The van der Waals surface area contributed by atoms with E-state index < -0.39 is 6.04 Å². The number of hydrogen-bond donors (Lipinski definition) is 1. The van der Waals surface area contributed by atoms with Crippen LogP contribution < -0.4 is 5.73 Å². The number of rotatable bonds is 6. The van der Waals surface area contributed by atoms with Gasteiger partial charge in [0.05, 0.1) is 29.3 Å². The van der Waals surface area contributed by atoms with E-state index in [0.29, 0.717) is 29.2 Å². The van der Waals surface area contributed by atoms with E-state index >= 15 is 0 Å². The number of aromatic nitrogens is 4. The summed E-state index contributed by atoms with van der Waals surface area (Å²) < 4.78 is 1.65. The average molecular weight is 392 g/mol. The molecule has 3 aromatic rings. The van der Waals surface area contributed by atoms with Gasteiger partial charge in [-0.1, -0.05) is 6.07 Å². The van der Waals surface area contributed by atoms with Crippen LogP contribution in [0.3, 0.4) is 0 Å². The van der Waals surface area contributed by atoms with Crippen molar-refractivity contribution in [1.82, 2.24) is 24.6 Å². The summed E-state index contributed by atoms with van der Waals surface area (Å²) in [6.07, 6.45) is 3.27. The Morgan fingerprint density at radius 3 is 2.48 bits per heavy atom. The summed E-state index contributed by atoms with van der Waals surface area (Å²) in [7, 11) is 1.73. The SMILES string of the molecule is CCN(C)C(=O)c1cc(-c2ccc(C(N)C(C)=O)cn2)n(-c2ccc(C)nc2)n1. The van der Waals surface area contributed by atoms with Gasteiger partial charge in [0.15, 0.2) is 11.5 Å². The minimum absolute atomic E-state index is 0.134. The zero-order valence-electron chi connectivity index (χ0n) is 17.0. The van der Waals surface area contributed by atoms with Crippen molar-refractivity contribution >= 4 is 11.7 Å². The number of pyridine rings is 2. The molecule has 8 heteroatoms. The lowest BCUT2D eigenvalue weighted by Gasteiger charge is -2.11. The van der Waals surface area contributed by atoms with E-state index in [2.05, 4.69) is 15.1 Å². The highest BCUT2D eigenvalue weighted by atomic mass is 16.2. The molecule has 0 aliphatic rings. The fourth-order valence-corrected chi connectivity index (χ4v) is 2.76. The van der Waals surface area contributed by atoms with Crippen LogP contribution in [0.2, 0.25) is 0 Å². The van der Waals surface area contributed by atoms with E-state index in [4.69, 9.17) is 5.73 Å². The van der Waals surface area contributed by atoms with Crippen LogP contribution in [0.1, 0.15) is 41.6 Å². The van der Waals surface area contributed by atoms with Crippen molar-refractivity contribution in [3.63, 3.8) is 0 Å². The number of carbonyl (C=O) groups is 2. The Kier molecular flexibility index (Phi) is 5.84. The monoisotopic (exact) mass is 392 g/mol. The number of nitrogens with zero attached hydrogens (tertiary/aromatic N) is 5. The number of hydrogen-bond acceptors (Lipinski definition) is 6. The molecule has 0 bridgehead atoms. The fourth-order valence-electron chi connectivity index (χ4n) is 2.76. The third-order valence-electron chi connectivity index (χ3n) is 4.74. The molecule has 8 nitrogen and oxygen atoms in total. The van der Waals surface area contributed by atoms with Crippen molar-refractivity contribution in [1.29, 1.82) is 0 Å². The minimum Gasteiger partial charge on any atom is -0.341 e. The van der Waals surface area contributed by atoms with Crippen molar-refractivity contribution in [3.05, 3.63) is 59.7 Å². The lowest BCUT2D eigenvalue weighted by atomic mass is 10.1. The second kappa shape index (κ2) is 8.32. The van der Waals surface area contributed by atoms with Gasteiger partial charge in [-0.2, -0.15) is 5.10 Å². The van der Waals surface area contributed by atoms with Crippen LogP contribution in [-0.2, 0) is 4.79 Å². The molecule has 0 aliphatic carbocycles. The second-order valence-corrected chi connectivity index (χ2v) is 6.87. The first-order chi connectivity index (χ1) is 13.8. The van der Waals surface area contributed by atoms with Gasteiger partial charge in [0.25, 0.3) is 5.91 Å². The van der Waals surface area contributed by atoms with Gasteiger partial charge >= 0.3 is 0 Å². The van der Waals surface area contributed by atoms with E-state index in [9.17, 15) is 9.59 Å². The minimum atomic E-state index is -0.710. The van der Waals surface area contributed by atoms with Gasteiger partial charge in [0, 0.05) is 25.5 Å². The van der Waals surface area contributed by atoms with Gasteiger partial charge in [-0.15, -0.1) is 0 Å². The lowest BCUT2D eigenvalue weighted by molar-refractivity contribution is -0.118. The second-order valence-electron chi connectivity index (χ2n) is 6.87. The largest absolute Gasteiger partial charge is 0.341 e. The average Bonchev–Trinajstić information content (AvgIpc) is 3.18. The van der Waals surface area contributed by atoms with Crippen molar-refractivity contribution in [2.75, 3.05) is 13.6 Å². The molecule has 0 aliphatic heterocycles. The maximum atomic E-state index is 12.6. The number of amides is 1. The van der Waals surface area contributed by atoms with Gasteiger partial charge in [0.1, 0.15) is 0 Å². The number of aryl methyl sites for hydroxylation is 1. The summed E-state index contributed by atoms with van der Waals surface area (Å²) in [6.45, 7) is 5.82. The molecule has 2 N–H and O–H groups in total. The van der Waals surface area contributed by atoms with E-state index in [0.717, 1.165) is 11.4 Å². The molecule has 29 heavy (non-hydrogen) atoms. The zero-order chi connectivity index (χ0) is 21.1. The topological polar surface area (TPSA) is 107 Å². The standard InChI is InChI=1S/C21H24N6O2/c1-5-26(4)21(29)18-10-19(27(25-18)16-8-6-13(2)23-12-16)17-9-7-15(11-24-17)20(22)14(3)28/h6-12,20H,5,22H2,1-4H3. The quantitative estimate of drug-likeness (QED) is 0.690. The first-order valence-electron chi connectivity index (χ1n) is 9.32. The summed E-state index contributed by atoms with van der Waals surface area (Å²) in [5.41, 5.74) is 9.68. The maximum Gasteiger partial charge on any atom is 0.274 e. The molecule has 3 heterocycles. The van der Waals surface area contributed by atoms with Gasteiger partial charge in [-0.25, -0.2) is 4.68 Å². The molecular formula is C21H24N6O2. The number of ketones is 1. The first-order valence-corrected chi connectivity index (χ1v) is 9.32. The van der Waals surface area contributed by atoms with Crippen LogP contribution in [0, 0.1) is 6.92 Å². The summed E-state index contributed by atoms with van der Waals surface area (Å²) in [6, 6.07) is 8.29. The number of nitrogens with two attached hydrogens (primary N) is 1. The highest BCUT2D eigenvalue weighted by Gasteiger charge is 2.20. The molecule has 0 fully saturated rings. The van der Waals surface area contributed by atoms with E-state index in [1.54, 1.807) is 47.2 Å². The van der Waals surface area contributed by atoms with Crippen molar-refractivity contribution in [2.45, 2.75) is 26.8 Å². The van der Waals surface area contributed by atoms with Crippen molar-refractivity contribution < 1.29 is 9.59 Å². The smallest absolute Gasteiger partial charge is 0.274 e. The third kappa shape index (κ3) is 4.22. The zero-order valence-corrected chi connectivity index (χ0v) is 17.0. The van der Waals surface area contributed by atoms with Crippen LogP contribution in [-0.4, -0.2) is 49.9 Å². The first kappa shape index (κ1) is 20.3. The predicted octanol–water partition coefficient (Wildman–Crippen LogP) is 2.32. The van der Waals surface area contributed by atoms with E-state index in [-0.39, 0.29) is 11.7 Å². The number of carbonyl (C=O) groups excluding carboxylic acids is 2. The van der Waals surface area contributed by atoms with Gasteiger partial charge in [-0.05, 0) is 50.6 Å². The van der Waals surface area contributed by atoms with E-state index in [1.807, 2.05) is 26.0 Å². The van der Waals surface area contributed by atoms with Crippen LogP contribution in [0.25, 0.3) is 17.1 Å². The molecule has 0 saturated carbocycles. The lowest BCUT2D eigenvalue weighted by Crippen LogP contribution is -2.26. The fraction of sp³-hybridized carbons (Fsp3) is 0.286. The van der Waals surface area contributed by atoms with Crippen LogP contribution in [0.15, 0.2) is 42.7 Å². The summed E-state index contributed by atoms with van der Waals surface area (Å²) in [4.78, 5) is 34.5. The van der Waals surface area contributed by atoms with Crippen molar-refractivity contribution in [3.8, 4) is 17.1 Å². The molecule has 3 aromatic heterocycles. The molecule has 0 spiro atoms. The predicted molar refractivity (Wildman–Crippen MR) is 110 cm³/mol. The number of Topliss-reactive ketones (excluding diaryl/α,β-unsaturated/α-hetero) is 1. The molecule has 150 valence electrons. The highest BCUT2D eigenvalue weighted by molar-refractivity contribution is 5.93. The Hall–Kier alpha value is -3.39. The van der Waals surface area contributed by atoms with Crippen LogP contribution in [0.5, 0.6) is 0 Å². The summed E-state index contributed by atoms with van der Waals surface area (Å²) in [5.74, 6) is -0.311. The maximum absolute atomic E-state index is 12.6. The molecule has 3 rings (SSSR count). The van der Waals surface area contributed by atoms with Crippen molar-refractivity contribution in [2.24, 2.45) is 5.73 Å². The third-order valence-corrected chi connectivity index (χ3v) is 4.74. The van der Waals surface area contributed by atoms with Gasteiger partial charge in [0.2, 0.25) is 0 Å². The molecular weight excluding hydrogens is 368 g/mol. The molecule has 0 radical (unpaired) electrons. The molecule has 1 amide bonds. The molecule has 0 saturated heterocycles. The summed E-state index contributed by atoms with van der Waals surface area (Å²) >= 11 is 0. The Morgan fingerprint density at radius 1 is 1.17 bits per heavy atom. The Balaban J connectivity index is 2.08. The van der Waals surface area contributed by atoms with Gasteiger partial charge < -0.3 is 10.6 Å².